The zero-order valence-corrected chi connectivity index (χ0v) is 9.91. The fourth-order valence-electron chi connectivity index (χ4n) is 1.87. The molecule has 80 valence electrons. The van der Waals surface area contributed by atoms with Crippen molar-refractivity contribution in [3.05, 3.63) is 0 Å². The summed E-state index contributed by atoms with van der Waals surface area (Å²) in [7, 11) is 0.696. The van der Waals surface area contributed by atoms with E-state index in [1.165, 1.54) is 36.5 Å². The van der Waals surface area contributed by atoms with E-state index in [0.29, 0.717) is 16.9 Å². The molecule has 0 aromatic carbocycles. The first kappa shape index (κ1) is 10.5. The minimum Gasteiger partial charge on any atom is -0.375 e. The zero-order chi connectivity index (χ0) is 9.97. The minimum atomic E-state index is 0.163. The van der Waals surface area contributed by atoms with Crippen LogP contribution < -0.4 is 5.73 Å². The fraction of sp³-hybridized carbons (Fsp3) is 0.889. The summed E-state index contributed by atoms with van der Waals surface area (Å²) >= 11 is 4.77. The van der Waals surface area contributed by atoms with Crippen LogP contribution in [-0.2, 0) is 15.7 Å². The first-order valence-electron chi connectivity index (χ1n) is 5.14. The number of rotatable bonds is 3. The van der Waals surface area contributed by atoms with E-state index < -0.39 is 0 Å². The molecule has 2 N–H and O–H groups in total. The maximum Gasteiger partial charge on any atom is 0.276 e. The van der Waals surface area contributed by atoms with Crippen LogP contribution in [0.15, 0.2) is 0 Å². The number of thiocarbonyl (C=S) groups is 1. The van der Waals surface area contributed by atoms with Gasteiger partial charge in [0, 0.05) is 6.54 Å². The van der Waals surface area contributed by atoms with Gasteiger partial charge < -0.3 is 10.6 Å². The standard InChI is InChI=1S/C9H16N2OS2/c10-9(13)12-11-4-2-1-3-8(11)7-14-5-6-14/h8H,1-7H2,(H-,10,13)/p+1. The Morgan fingerprint density at radius 2 is 2.29 bits per heavy atom. The van der Waals surface area contributed by atoms with Crippen LogP contribution in [0.1, 0.15) is 19.3 Å². The number of piperidine rings is 1. The molecule has 2 rings (SSSR count). The van der Waals surface area contributed by atoms with Crippen molar-refractivity contribution in [1.82, 2.24) is 5.06 Å². The molecule has 0 aliphatic carbocycles. The molecule has 3 nitrogen and oxygen atoms in total. The van der Waals surface area contributed by atoms with E-state index in [0.717, 1.165) is 6.54 Å². The van der Waals surface area contributed by atoms with Gasteiger partial charge in [0.05, 0.1) is 6.04 Å². The Hall–Kier alpha value is -0.0000000000000000555. The van der Waals surface area contributed by atoms with Crippen molar-refractivity contribution < 1.29 is 4.84 Å². The summed E-state index contributed by atoms with van der Waals surface area (Å²) in [6.45, 7) is 0.985. The molecule has 0 saturated carbocycles. The summed E-state index contributed by atoms with van der Waals surface area (Å²) in [6, 6.07) is 0.566. The molecule has 0 amide bonds. The Morgan fingerprint density at radius 1 is 1.50 bits per heavy atom. The van der Waals surface area contributed by atoms with E-state index in [4.69, 9.17) is 22.8 Å². The number of hydroxylamine groups is 2. The van der Waals surface area contributed by atoms with Crippen molar-refractivity contribution in [2.75, 3.05) is 23.8 Å². The maximum absolute atomic E-state index is 5.40. The lowest BCUT2D eigenvalue weighted by molar-refractivity contribution is -0.116. The molecule has 2 saturated heterocycles. The van der Waals surface area contributed by atoms with Gasteiger partial charge in [-0.15, -0.1) is 5.06 Å². The molecule has 5 heteroatoms. The third-order valence-electron chi connectivity index (χ3n) is 2.70. The second-order valence-corrected chi connectivity index (χ2v) is 6.66. The van der Waals surface area contributed by atoms with Gasteiger partial charge in [-0.2, -0.15) is 0 Å². The maximum atomic E-state index is 5.40. The van der Waals surface area contributed by atoms with E-state index >= 15 is 0 Å². The summed E-state index contributed by atoms with van der Waals surface area (Å²) < 4.78 is 0. The van der Waals surface area contributed by atoms with Gasteiger partial charge in [0.25, 0.3) is 5.17 Å². The molecule has 0 radical (unpaired) electrons. The quantitative estimate of drug-likeness (QED) is 0.441. The smallest absolute Gasteiger partial charge is 0.276 e. The van der Waals surface area contributed by atoms with Gasteiger partial charge in [0.2, 0.25) is 0 Å². The monoisotopic (exact) mass is 233 g/mol. The Kier molecular flexibility index (Phi) is 3.52. The van der Waals surface area contributed by atoms with Crippen molar-refractivity contribution in [3.63, 3.8) is 0 Å². The molecular formula is C9H17N2OS2+. The molecule has 2 fully saturated rings. The Balaban J connectivity index is 1.84. The average Bonchev–Trinajstić information content (AvgIpc) is 2.91. The highest BCUT2D eigenvalue weighted by atomic mass is 32.2. The van der Waals surface area contributed by atoms with Crippen molar-refractivity contribution in [3.8, 4) is 0 Å². The van der Waals surface area contributed by atoms with Crippen molar-refractivity contribution >= 4 is 28.3 Å². The summed E-state index contributed by atoms with van der Waals surface area (Å²) in [6.07, 6.45) is 3.76. The van der Waals surface area contributed by atoms with E-state index in [1.54, 1.807) is 0 Å². The molecule has 0 aromatic heterocycles. The molecule has 2 heterocycles. The van der Waals surface area contributed by atoms with Gasteiger partial charge in [0.15, 0.2) is 11.5 Å². The van der Waals surface area contributed by atoms with Crippen LogP contribution in [0, 0.1) is 0 Å². The highest BCUT2D eigenvalue weighted by Crippen LogP contribution is 2.23. The topological polar surface area (TPSA) is 38.5 Å². The third-order valence-corrected chi connectivity index (χ3v) is 4.62. The van der Waals surface area contributed by atoms with E-state index in [-0.39, 0.29) is 5.17 Å². The lowest BCUT2D eigenvalue weighted by Crippen LogP contribution is -2.44. The van der Waals surface area contributed by atoms with Gasteiger partial charge in [-0.1, -0.05) is 6.42 Å². The summed E-state index contributed by atoms with van der Waals surface area (Å²) in [5.74, 6) is 4.15. The minimum absolute atomic E-state index is 0.163. The largest absolute Gasteiger partial charge is 0.375 e. The molecule has 0 bridgehead atoms. The number of hydrogen-bond donors (Lipinski definition) is 1. The average molecular weight is 233 g/mol. The Morgan fingerprint density at radius 3 is 2.93 bits per heavy atom. The number of hydrogen-bond acceptors (Lipinski definition) is 3. The SMILES string of the molecule is NC(=S)ON1CCCCC1C[S+]1CC1. The van der Waals surface area contributed by atoms with Gasteiger partial charge in [-0.05, 0) is 36.0 Å². The van der Waals surface area contributed by atoms with Crippen LogP contribution in [0.2, 0.25) is 0 Å². The summed E-state index contributed by atoms with van der Waals surface area (Å²) in [5, 5.41) is 2.17. The van der Waals surface area contributed by atoms with Crippen molar-refractivity contribution in [2.24, 2.45) is 5.73 Å². The zero-order valence-electron chi connectivity index (χ0n) is 8.28. The van der Waals surface area contributed by atoms with E-state index in [9.17, 15) is 0 Å². The number of nitrogens with two attached hydrogens (primary N) is 1. The van der Waals surface area contributed by atoms with Crippen LogP contribution in [0.4, 0.5) is 0 Å². The van der Waals surface area contributed by atoms with Gasteiger partial charge in [-0.25, -0.2) is 0 Å². The van der Waals surface area contributed by atoms with Gasteiger partial charge >= 0.3 is 0 Å². The first-order valence-corrected chi connectivity index (χ1v) is 7.28. The van der Waals surface area contributed by atoms with Crippen molar-refractivity contribution in [1.29, 1.82) is 0 Å². The van der Waals surface area contributed by atoms with Crippen LogP contribution in [0.25, 0.3) is 0 Å². The van der Waals surface area contributed by atoms with Gasteiger partial charge in [-0.3, -0.25) is 0 Å². The lowest BCUT2D eigenvalue weighted by atomic mass is 10.1. The van der Waals surface area contributed by atoms with E-state index in [2.05, 4.69) is 0 Å². The van der Waals surface area contributed by atoms with Crippen LogP contribution in [0.5, 0.6) is 0 Å². The molecule has 2 aliphatic rings. The molecular weight excluding hydrogens is 216 g/mol. The molecule has 1 unspecified atom stereocenters. The molecule has 0 aromatic rings. The van der Waals surface area contributed by atoms with E-state index in [1.807, 2.05) is 5.06 Å². The Labute approximate surface area is 93.3 Å². The predicted molar refractivity (Wildman–Crippen MR) is 64.2 cm³/mol. The highest BCUT2D eigenvalue weighted by molar-refractivity contribution is 8.03. The highest BCUT2D eigenvalue weighted by Gasteiger charge is 2.40. The molecule has 2 aliphatic heterocycles. The second kappa shape index (κ2) is 4.68. The molecule has 0 spiro atoms. The molecule has 1 atom stereocenters. The summed E-state index contributed by atoms with van der Waals surface area (Å²) in [5.41, 5.74) is 5.40. The van der Waals surface area contributed by atoms with Crippen LogP contribution in [-0.4, -0.2) is 40.1 Å². The summed E-state index contributed by atoms with van der Waals surface area (Å²) in [4.78, 5) is 5.38. The number of nitrogens with zero attached hydrogens (tertiary/aromatic N) is 1. The van der Waals surface area contributed by atoms with Crippen molar-refractivity contribution in [2.45, 2.75) is 25.3 Å². The first-order chi connectivity index (χ1) is 6.75. The lowest BCUT2D eigenvalue weighted by Gasteiger charge is -2.31. The third kappa shape index (κ3) is 3.00. The van der Waals surface area contributed by atoms with Crippen LogP contribution in [0.3, 0.4) is 0 Å². The predicted octanol–water partition coefficient (Wildman–Crippen LogP) is 0.648. The molecule has 14 heavy (non-hydrogen) atoms. The Bertz CT molecular complexity index is 221. The normalized spacial score (nSPS) is 28.7. The second-order valence-electron chi connectivity index (χ2n) is 3.89. The van der Waals surface area contributed by atoms with Gasteiger partial charge in [0.1, 0.15) is 5.75 Å². The van der Waals surface area contributed by atoms with Crippen LogP contribution >= 0.6 is 12.2 Å². The fourth-order valence-corrected chi connectivity index (χ4v) is 3.65.